The minimum Gasteiger partial charge on any atom is -0.345 e. The molecule has 1 aliphatic heterocycles. The Balaban J connectivity index is 1.43. The third-order valence-corrected chi connectivity index (χ3v) is 4.97. The maximum atomic E-state index is 12.2. The third-order valence-electron chi connectivity index (χ3n) is 3.70. The quantitative estimate of drug-likeness (QED) is 0.807. The summed E-state index contributed by atoms with van der Waals surface area (Å²) in [6.45, 7) is 0.960. The monoisotopic (exact) mass is 328 g/mol. The fourth-order valence-corrected chi connectivity index (χ4v) is 3.53. The van der Waals surface area contributed by atoms with Crippen LogP contribution in [0.2, 0.25) is 0 Å². The molecule has 1 heterocycles. The van der Waals surface area contributed by atoms with Gasteiger partial charge in [0.2, 0.25) is 6.29 Å². The second kappa shape index (κ2) is 8.29. The van der Waals surface area contributed by atoms with E-state index in [1.165, 1.54) is 5.56 Å². The summed E-state index contributed by atoms with van der Waals surface area (Å²) in [7, 11) is 0. The van der Waals surface area contributed by atoms with Crippen LogP contribution in [0.3, 0.4) is 0 Å². The average molecular weight is 328 g/mol. The summed E-state index contributed by atoms with van der Waals surface area (Å²) in [5.41, 5.74) is 2.32. The van der Waals surface area contributed by atoms with E-state index in [4.69, 9.17) is 9.47 Å². The van der Waals surface area contributed by atoms with E-state index < -0.39 is 6.29 Å². The first-order valence-corrected chi connectivity index (χ1v) is 8.81. The van der Waals surface area contributed by atoms with Crippen molar-refractivity contribution >= 4 is 17.5 Å². The number of rotatable bonds is 6. The highest BCUT2D eigenvalue weighted by molar-refractivity contribution is 7.99. The molecule has 1 saturated heterocycles. The molecule has 0 unspecified atom stereocenters. The molecule has 0 spiro atoms. The number of thioether (sulfide) groups is 1. The number of carbonyl (C=O) groups excluding carboxylic acids is 1. The van der Waals surface area contributed by atoms with Crippen LogP contribution in [0.4, 0.5) is 0 Å². The molecular formula is C19H20O3S. The van der Waals surface area contributed by atoms with Crippen molar-refractivity contribution in [2.24, 2.45) is 0 Å². The van der Waals surface area contributed by atoms with Crippen molar-refractivity contribution in [1.82, 2.24) is 0 Å². The molecule has 1 aliphatic rings. The van der Waals surface area contributed by atoms with Crippen LogP contribution < -0.4 is 0 Å². The molecule has 3 rings (SSSR count). The molecule has 3 nitrogen and oxygen atoms in total. The average Bonchev–Trinajstić information content (AvgIpc) is 2.61. The van der Waals surface area contributed by atoms with Gasteiger partial charge in [0.15, 0.2) is 5.78 Å². The van der Waals surface area contributed by atoms with Crippen molar-refractivity contribution in [3.8, 4) is 0 Å². The zero-order valence-electron chi connectivity index (χ0n) is 12.9. The van der Waals surface area contributed by atoms with E-state index in [1.54, 1.807) is 11.8 Å². The zero-order chi connectivity index (χ0) is 15.9. The summed E-state index contributed by atoms with van der Waals surface area (Å²) in [4.78, 5) is 12.2. The molecule has 0 radical (unpaired) electrons. The van der Waals surface area contributed by atoms with Crippen LogP contribution in [0.25, 0.3) is 0 Å². The van der Waals surface area contributed by atoms with E-state index in [0.717, 1.165) is 11.3 Å². The number of hydrogen-bond acceptors (Lipinski definition) is 4. The van der Waals surface area contributed by atoms with Crippen LogP contribution in [0.5, 0.6) is 0 Å². The Labute approximate surface area is 141 Å². The van der Waals surface area contributed by atoms with Gasteiger partial charge in [-0.15, -0.1) is 0 Å². The van der Waals surface area contributed by atoms with Gasteiger partial charge in [-0.25, -0.2) is 0 Å². The molecule has 2 atom stereocenters. The lowest BCUT2D eigenvalue weighted by Gasteiger charge is -2.27. The molecule has 2 aromatic rings. The summed E-state index contributed by atoms with van der Waals surface area (Å²) in [5.74, 6) is 0.940. The predicted octanol–water partition coefficient (Wildman–Crippen LogP) is 3.82. The smallest absolute Gasteiger partial charge is 0.218 e. The number of hydrogen-bond donors (Lipinski definition) is 0. The standard InChI is InChI=1S/C19H20O3S/c20-18-11-17(23-14-16-9-5-2-6-10-16)13-22-19(18)21-12-15-7-3-1-4-8-15/h1-10,17,19H,11-14H2/t17-,19+/m0/s1. The highest BCUT2D eigenvalue weighted by atomic mass is 32.2. The summed E-state index contributed by atoms with van der Waals surface area (Å²) in [6.07, 6.45) is -0.208. The molecule has 0 aliphatic carbocycles. The highest BCUT2D eigenvalue weighted by Gasteiger charge is 2.30. The van der Waals surface area contributed by atoms with Gasteiger partial charge in [0.05, 0.1) is 13.2 Å². The van der Waals surface area contributed by atoms with Crippen LogP contribution in [0.1, 0.15) is 17.5 Å². The van der Waals surface area contributed by atoms with Gasteiger partial charge in [-0.3, -0.25) is 4.79 Å². The van der Waals surface area contributed by atoms with E-state index in [9.17, 15) is 4.79 Å². The summed E-state index contributed by atoms with van der Waals surface area (Å²) >= 11 is 1.77. The van der Waals surface area contributed by atoms with Crippen LogP contribution in [0.15, 0.2) is 60.7 Å². The molecule has 1 fully saturated rings. The topological polar surface area (TPSA) is 35.5 Å². The van der Waals surface area contributed by atoms with E-state index in [2.05, 4.69) is 12.1 Å². The normalized spacial score (nSPS) is 21.3. The molecule has 4 heteroatoms. The Kier molecular flexibility index (Phi) is 5.86. The zero-order valence-corrected chi connectivity index (χ0v) is 13.7. The van der Waals surface area contributed by atoms with E-state index in [1.807, 2.05) is 48.5 Å². The van der Waals surface area contributed by atoms with Gasteiger partial charge in [-0.05, 0) is 11.1 Å². The molecular weight excluding hydrogens is 308 g/mol. The highest BCUT2D eigenvalue weighted by Crippen LogP contribution is 2.26. The van der Waals surface area contributed by atoms with Crippen LogP contribution in [-0.4, -0.2) is 23.9 Å². The van der Waals surface area contributed by atoms with Crippen molar-refractivity contribution < 1.29 is 14.3 Å². The van der Waals surface area contributed by atoms with Crippen molar-refractivity contribution in [3.63, 3.8) is 0 Å². The molecule has 0 aromatic heterocycles. The Bertz CT molecular complexity index is 615. The largest absolute Gasteiger partial charge is 0.345 e. The van der Waals surface area contributed by atoms with Gasteiger partial charge in [-0.1, -0.05) is 60.7 Å². The Morgan fingerprint density at radius 1 is 1.00 bits per heavy atom. The van der Waals surface area contributed by atoms with E-state index >= 15 is 0 Å². The Morgan fingerprint density at radius 2 is 1.65 bits per heavy atom. The number of benzene rings is 2. The van der Waals surface area contributed by atoms with E-state index in [0.29, 0.717) is 19.6 Å². The fourth-order valence-electron chi connectivity index (χ4n) is 2.45. The van der Waals surface area contributed by atoms with E-state index in [-0.39, 0.29) is 11.0 Å². The van der Waals surface area contributed by atoms with Crippen molar-refractivity contribution in [2.75, 3.05) is 6.61 Å². The maximum Gasteiger partial charge on any atom is 0.218 e. The Morgan fingerprint density at radius 3 is 2.30 bits per heavy atom. The second-order valence-corrected chi connectivity index (χ2v) is 6.84. The first-order chi connectivity index (χ1) is 11.3. The van der Waals surface area contributed by atoms with Gasteiger partial charge in [0.1, 0.15) is 0 Å². The van der Waals surface area contributed by atoms with Crippen molar-refractivity contribution in [3.05, 3.63) is 71.8 Å². The lowest BCUT2D eigenvalue weighted by molar-refractivity contribution is -0.181. The molecule has 0 saturated carbocycles. The minimum atomic E-state index is -0.719. The predicted molar refractivity (Wildman–Crippen MR) is 92.1 cm³/mol. The first kappa shape index (κ1) is 16.2. The van der Waals surface area contributed by atoms with Crippen molar-refractivity contribution in [2.45, 2.75) is 30.3 Å². The molecule has 0 N–H and O–H groups in total. The minimum absolute atomic E-state index is 0.0396. The summed E-state index contributed by atoms with van der Waals surface area (Å²) < 4.78 is 11.2. The lowest BCUT2D eigenvalue weighted by Crippen LogP contribution is -2.38. The maximum absolute atomic E-state index is 12.2. The second-order valence-electron chi connectivity index (χ2n) is 5.55. The van der Waals surface area contributed by atoms with Crippen LogP contribution in [-0.2, 0) is 26.6 Å². The third kappa shape index (κ3) is 4.93. The Hall–Kier alpha value is -1.62. The molecule has 2 aromatic carbocycles. The molecule has 120 valence electrons. The SMILES string of the molecule is O=C1C[C@H](SCc2ccccc2)CO[C@H]1OCc1ccccc1. The summed E-state index contributed by atoms with van der Waals surface area (Å²) in [6, 6.07) is 20.1. The first-order valence-electron chi connectivity index (χ1n) is 7.76. The molecule has 23 heavy (non-hydrogen) atoms. The lowest BCUT2D eigenvalue weighted by atomic mass is 10.2. The van der Waals surface area contributed by atoms with Crippen LogP contribution >= 0.6 is 11.8 Å². The van der Waals surface area contributed by atoms with Gasteiger partial charge >= 0.3 is 0 Å². The number of ether oxygens (including phenoxy) is 2. The van der Waals surface area contributed by atoms with Gasteiger partial charge in [-0.2, -0.15) is 11.8 Å². The number of Topliss-reactive ketones (excluding diaryl/α,β-unsaturated/α-hetero) is 1. The molecule has 0 bridgehead atoms. The van der Waals surface area contributed by atoms with Gasteiger partial charge in [0.25, 0.3) is 0 Å². The van der Waals surface area contributed by atoms with Gasteiger partial charge < -0.3 is 9.47 Å². The van der Waals surface area contributed by atoms with Crippen LogP contribution in [0, 0.1) is 0 Å². The van der Waals surface area contributed by atoms with Gasteiger partial charge in [0, 0.05) is 17.4 Å². The van der Waals surface area contributed by atoms with Crippen molar-refractivity contribution in [1.29, 1.82) is 0 Å². The number of carbonyl (C=O) groups is 1. The fraction of sp³-hybridized carbons (Fsp3) is 0.316. The number of ketones is 1. The summed E-state index contributed by atoms with van der Waals surface area (Å²) in [5, 5.41) is 0.208. The molecule has 0 amide bonds.